The Bertz CT molecular complexity index is 635. The Morgan fingerprint density at radius 3 is 2.56 bits per heavy atom. The molecule has 0 saturated heterocycles. The second kappa shape index (κ2) is 9.47. The zero-order valence-corrected chi connectivity index (χ0v) is 16.1. The molecule has 0 amide bonds. The van der Waals surface area contributed by atoms with Crippen LogP contribution < -0.4 is 5.32 Å². The molecule has 0 fully saturated rings. The number of hydrogen-bond donors (Lipinski definition) is 1. The number of nitrogens with one attached hydrogen (secondary N) is 1. The molecule has 1 atom stereocenters. The molecule has 0 radical (unpaired) electrons. The first-order valence-corrected chi connectivity index (χ1v) is 8.57. The van der Waals surface area contributed by atoms with Crippen LogP contribution in [0.25, 0.3) is 0 Å². The summed E-state index contributed by atoms with van der Waals surface area (Å²) in [5.41, 5.74) is 0.853. The van der Waals surface area contributed by atoms with Crippen molar-refractivity contribution in [2.24, 2.45) is 0 Å². The number of ether oxygens (including phenoxy) is 2. The first kappa shape index (κ1) is 21.0. The number of carbonyl (C=O) groups is 2. The van der Waals surface area contributed by atoms with Crippen molar-refractivity contribution in [3.05, 3.63) is 46.6 Å². The van der Waals surface area contributed by atoms with Crippen molar-refractivity contribution in [3.8, 4) is 0 Å². The van der Waals surface area contributed by atoms with Crippen molar-refractivity contribution in [3.63, 3.8) is 0 Å². The topological polar surface area (TPSA) is 64.6 Å². The average Bonchev–Trinajstić information content (AvgIpc) is 2.44. The summed E-state index contributed by atoms with van der Waals surface area (Å²) in [4.78, 5) is 23.8. The Morgan fingerprint density at radius 2 is 2.00 bits per heavy atom. The minimum Gasteiger partial charge on any atom is -0.466 e. The minimum atomic E-state index is -0.564. The highest BCUT2D eigenvalue weighted by Crippen LogP contribution is 2.22. The molecule has 1 aromatic rings. The predicted molar refractivity (Wildman–Crippen MR) is 98.2 cm³/mol. The van der Waals surface area contributed by atoms with E-state index < -0.39 is 11.6 Å². The molecule has 25 heavy (non-hydrogen) atoms. The molecule has 6 heteroatoms. The van der Waals surface area contributed by atoms with E-state index in [1.54, 1.807) is 46.8 Å². The predicted octanol–water partition coefficient (Wildman–Crippen LogP) is 4.17. The van der Waals surface area contributed by atoms with Crippen molar-refractivity contribution in [1.82, 2.24) is 5.32 Å². The Morgan fingerprint density at radius 1 is 1.32 bits per heavy atom. The largest absolute Gasteiger partial charge is 0.466 e. The van der Waals surface area contributed by atoms with Gasteiger partial charge in [-0.1, -0.05) is 23.7 Å². The van der Waals surface area contributed by atoms with E-state index in [1.165, 1.54) is 6.08 Å². The molecular weight excluding hydrogens is 342 g/mol. The summed E-state index contributed by atoms with van der Waals surface area (Å²) >= 11 is 6.05. The maximum Gasteiger partial charge on any atom is 0.333 e. The molecule has 5 nitrogen and oxygen atoms in total. The second-order valence-corrected chi connectivity index (χ2v) is 7.06. The van der Waals surface area contributed by atoms with Crippen molar-refractivity contribution in [1.29, 1.82) is 0 Å². The number of allylic oxidation sites excluding steroid dienone is 1. The Hall–Kier alpha value is -2.01. The molecule has 1 unspecified atom stereocenters. The standard InChI is InChI=1S/C19H26ClNO4/c1-6-24-17(22)12-16(14-8-7-9-15(20)11-14)21-13(2)10-18(23)25-19(3,4)5/h7-11,16,21H,6,12H2,1-5H3/b13-10+. The van der Waals surface area contributed by atoms with E-state index in [-0.39, 0.29) is 18.4 Å². The van der Waals surface area contributed by atoms with Crippen molar-refractivity contribution in [2.75, 3.05) is 6.61 Å². The van der Waals surface area contributed by atoms with Gasteiger partial charge in [0.1, 0.15) is 5.60 Å². The first-order valence-electron chi connectivity index (χ1n) is 8.19. The van der Waals surface area contributed by atoms with Gasteiger partial charge in [0.25, 0.3) is 0 Å². The van der Waals surface area contributed by atoms with Crippen LogP contribution in [0.3, 0.4) is 0 Å². The molecule has 1 aromatic carbocycles. The summed E-state index contributed by atoms with van der Waals surface area (Å²) in [6.07, 6.45) is 1.49. The van der Waals surface area contributed by atoms with E-state index in [1.807, 2.05) is 12.1 Å². The summed E-state index contributed by atoms with van der Waals surface area (Å²) in [5, 5.41) is 3.74. The van der Waals surface area contributed by atoms with Crippen molar-refractivity contribution < 1.29 is 19.1 Å². The molecule has 0 spiro atoms. The van der Waals surface area contributed by atoms with Crippen molar-refractivity contribution >= 4 is 23.5 Å². The molecule has 0 aliphatic carbocycles. The van der Waals surface area contributed by atoms with Crippen LogP contribution >= 0.6 is 11.6 Å². The van der Waals surface area contributed by atoms with Gasteiger partial charge in [-0.25, -0.2) is 4.79 Å². The molecule has 0 aromatic heterocycles. The highest BCUT2D eigenvalue weighted by Gasteiger charge is 2.19. The number of carbonyl (C=O) groups excluding carboxylic acids is 2. The third-order valence-electron chi connectivity index (χ3n) is 3.07. The maximum absolute atomic E-state index is 11.9. The zero-order valence-electron chi connectivity index (χ0n) is 15.4. The summed E-state index contributed by atoms with van der Waals surface area (Å²) < 4.78 is 10.3. The van der Waals surface area contributed by atoms with E-state index in [9.17, 15) is 9.59 Å². The quantitative estimate of drug-likeness (QED) is 0.578. The molecule has 0 aliphatic rings. The van der Waals surface area contributed by atoms with Crippen molar-refractivity contribution in [2.45, 2.75) is 52.7 Å². The number of esters is 2. The lowest BCUT2D eigenvalue weighted by Gasteiger charge is -2.21. The molecule has 1 N–H and O–H groups in total. The maximum atomic E-state index is 11.9. The fourth-order valence-corrected chi connectivity index (χ4v) is 2.39. The molecule has 0 saturated carbocycles. The fraction of sp³-hybridized carbons (Fsp3) is 0.474. The van der Waals surface area contributed by atoms with E-state index >= 15 is 0 Å². The monoisotopic (exact) mass is 367 g/mol. The van der Waals surface area contributed by atoms with Crippen LogP contribution in [-0.2, 0) is 19.1 Å². The number of halogens is 1. The van der Waals surface area contributed by atoms with Gasteiger partial charge >= 0.3 is 11.9 Å². The molecule has 1 rings (SSSR count). The normalized spacial score (nSPS) is 13.1. The third kappa shape index (κ3) is 8.59. The van der Waals surface area contributed by atoms with E-state index in [0.29, 0.717) is 17.3 Å². The average molecular weight is 368 g/mol. The highest BCUT2D eigenvalue weighted by atomic mass is 35.5. The SMILES string of the molecule is CCOC(=O)CC(N/C(C)=C/C(=O)OC(C)(C)C)c1cccc(Cl)c1. The molecule has 0 aliphatic heterocycles. The van der Waals surface area contributed by atoms with Crippen LogP contribution in [0.15, 0.2) is 36.0 Å². The second-order valence-electron chi connectivity index (χ2n) is 6.62. The zero-order chi connectivity index (χ0) is 19.0. The smallest absolute Gasteiger partial charge is 0.333 e. The summed E-state index contributed by atoms with van der Waals surface area (Å²) in [6.45, 7) is 9.22. The summed E-state index contributed by atoms with van der Waals surface area (Å²) in [5.74, 6) is -0.775. The minimum absolute atomic E-state index is 0.119. The van der Waals surface area contributed by atoms with Gasteiger partial charge in [-0.05, 0) is 52.3 Å². The lowest BCUT2D eigenvalue weighted by Crippen LogP contribution is -2.26. The first-order chi connectivity index (χ1) is 11.6. The Labute approximate surface area is 154 Å². The van der Waals surface area contributed by atoms with E-state index in [0.717, 1.165) is 5.56 Å². The van der Waals surface area contributed by atoms with E-state index in [4.69, 9.17) is 21.1 Å². The van der Waals surface area contributed by atoms with Gasteiger partial charge in [0, 0.05) is 16.8 Å². The fourth-order valence-electron chi connectivity index (χ4n) is 2.19. The lowest BCUT2D eigenvalue weighted by molar-refractivity contribution is -0.148. The number of benzene rings is 1. The van der Waals surface area contributed by atoms with Gasteiger partial charge in [0.05, 0.1) is 19.1 Å². The number of rotatable bonds is 7. The number of hydrogen-bond acceptors (Lipinski definition) is 5. The Kier molecular flexibility index (Phi) is 7.97. The van der Waals surface area contributed by atoms with Crippen LogP contribution in [0.1, 0.15) is 52.6 Å². The summed E-state index contributed by atoms with van der Waals surface area (Å²) in [6, 6.07) is 6.85. The summed E-state index contributed by atoms with van der Waals surface area (Å²) in [7, 11) is 0. The molecule has 0 bridgehead atoms. The molecule has 0 heterocycles. The Balaban J connectivity index is 2.92. The van der Waals surface area contributed by atoms with Gasteiger partial charge in [-0.2, -0.15) is 0 Å². The van der Waals surface area contributed by atoms with Gasteiger partial charge in [-0.15, -0.1) is 0 Å². The van der Waals surface area contributed by atoms with Crippen LogP contribution in [0.4, 0.5) is 0 Å². The molecule has 138 valence electrons. The lowest BCUT2D eigenvalue weighted by atomic mass is 10.0. The highest BCUT2D eigenvalue weighted by molar-refractivity contribution is 6.30. The van der Waals surface area contributed by atoms with Gasteiger partial charge in [0.15, 0.2) is 0 Å². The van der Waals surface area contributed by atoms with Crippen LogP contribution in [0.2, 0.25) is 5.02 Å². The van der Waals surface area contributed by atoms with Gasteiger partial charge < -0.3 is 14.8 Å². The van der Waals surface area contributed by atoms with Crippen LogP contribution in [0, 0.1) is 0 Å². The van der Waals surface area contributed by atoms with Gasteiger partial charge in [-0.3, -0.25) is 4.79 Å². The third-order valence-corrected chi connectivity index (χ3v) is 3.31. The van der Waals surface area contributed by atoms with E-state index in [2.05, 4.69) is 5.32 Å². The van der Waals surface area contributed by atoms with Crippen LogP contribution in [-0.4, -0.2) is 24.1 Å². The van der Waals surface area contributed by atoms with Crippen LogP contribution in [0.5, 0.6) is 0 Å². The van der Waals surface area contributed by atoms with Gasteiger partial charge in [0.2, 0.25) is 0 Å². The molecular formula is C19H26ClNO4.